The third-order valence-electron chi connectivity index (χ3n) is 7.69. The maximum absolute atomic E-state index is 13.6. The van der Waals surface area contributed by atoms with E-state index in [1.165, 1.54) is 15.9 Å². The van der Waals surface area contributed by atoms with E-state index in [2.05, 4.69) is 16.0 Å². The minimum Gasteiger partial charge on any atom is -0.491 e. The van der Waals surface area contributed by atoms with Crippen LogP contribution in [0.1, 0.15) is 57.3 Å². The molecule has 1 N–H and O–H groups in total. The maximum Gasteiger partial charge on any atom is 0.337 e. The summed E-state index contributed by atoms with van der Waals surface area (Å²) in [4.78, 5) is 34.5. The normalized spacial score (nSPS) is 13.0. The Morgan fingerprint density at radius 3 is 2.71 bits per heavy atom. The SMILES string of the molecule is Cc1cc(-c2cc(Cl)ccc2OCCn2c(C)nc3cnc(C4CC4)c(C#N)c3c2=O)c2scc(C(=O)O)c2c1C. The van der Waals surface area contributed by atoms with Gasteiger partial charge in [0.2, 0.25) is 0 Å². The van der Waals surface area contributed by atoms with E-state index in [4.69, 9.17) is 16.3 Å². The summed E-state index contributed by atoms with van der Waals surface area (Å²) >= 11 is 7.78. The smallest absolute Gasteiger partial charge is 0.337 e. The molecule has 1 saturated carbocycles. The van der Waals surface area contributed by atoms with Gasteiger partial charge in [0.05, 0.1) is 40.5 Å². The number of carboxylic acid groups (broad SMARTS) is 1. The summed E-state index contributed by atoms with van der Waals surface area (Å²) in [7, 11) is 0. The molecule has 0 bridgehead atoms. The zero-order valence-electron chi connectivity index (χ0n) is 22.6. The molecule has 3 heterocycles. The van der Waals surface area contributed by atoms with E-state index in [0.29, 0.717) is 44.1 Å². The summed E-state index contributed by atoms with van der Waals surface area (Å²) in [5.41, 5.74) is 4.83. The summed E-state index contributed by atoms with van der Waals surface area (Å²) in [6.45, 7) is 6.00. The number of hydrogen-bond acceptors (Lipinski definition) is 7. The number of thiophene rings is 1. The number of hydrogen-bond donors (Lipinski definition) is 1. The van der Waals surface area contributed by atoms with Crippen molar-refractivity contribution in [1.29, 1.82) is 5.26 Å². The summed E-state index contributed by atoms with van der Waals surface area (Å²) in [5.74, 6) is 0.314. The number of benzene rings is 2. The first kappa shape index (κ1) is 26.9. The second-order valence-electron chi connectivity index (χ2n) is 10.3. The van der Waals surface area contributed by atoms with Gasteiger partial charge in [-0.3, -0.25) is 14.3 Å². The molecule has 0 saturated heterocycles. The first-order valence-electron chi connectivity index (χ1n) is 13.2. The van der Waals surface area contributed by atoms with Gasteiger partial charge in [0.25, 0.3) is 5.56 Å². The number of carboxylic acids is 1. The van der Waals surface area contributed by atoms with Crippen LogP contribution in [0.25, 0.3) is 32.1 Å². The number of aromatic carboxylic acids is 1. The molecule has 8 nitrogen and oxygen atoms in total. The van der Waals surface area contributed by atoms with E-state index >= 15 is 0 Å². The van der Waals surface area contributed by atoms with Crippen molar-refractivity contribution < 1.29 is 14.6 Å². The van der Waals surface area contributed by atoms with Crippen LogP contribution in [0.4, 0.5) is 0 Å². The second kappa shape index (κ2) is 10.3. The maximum atomic E-state index is 13.6. The number of rotatable bonds is 7. The van der Waals surface area contributed by atoms with Gasteiger partial charge >= 0.3 is 5.97 Å². The topological polar surface area (TPSA) is 118 Å². The van der Waals surface area contributed by atoms with Crippen molar-refractivity contribution in [2.45, 2.75) is 46.1 Å². The van der Waals surface area contributed by atoms with Crippen LogP contribution < -0.4 is 10.3 Å². The van der Waals surface area contributed by atoms with Gasteiger partial charge in [-0.25, -0.2) is 9.78 Å². The summed E-state index contributed by atoms with van der Waals surface area (Å²) in [6.07, 6.45) is 3.52. The molecule has 6 rings (SSSR count). The number of carbonyl (C=O) groups is 1. The van der Waals surface area contributed by atoms with Crippen LogP contribution in [-0.4, -0.2) is 32.2 Å². The molecule has 0 aliphatic heterocycles. The van der Waals surface area contributed by atoms with Crippen LogP contribution in [-0.2, 0) is 6.54 Å². The van der Waals surface area contributed by atoms with Crippen molar-refractivity contribution in [2.24, 2.45) is 0 Å². The molecular weight excluding hydrogens is 560 g/mol. The Bertz CT molecular complexity index is 2000. The average molecular weight is 585 g/mol. The molecule has 0 atom stereocenters. The first-order chi connectivity index (χ1) is 19.7. The molecule has 0 unspecified atom stereocenters. The highest BCUT2D eigenvalue weighted by atomic mass is 35.5. The number of ether oxygens (including phenoxy) is 1. The lowest BCUT2D eigenvalue weighted by Gasteiger charge is -2.16. The number of nitrogens with zero attached hydrogens (tertiary/aromatic N) is 4. The number of aryl methyl sites for hydroxylation is 3. The van der Waals surface area contributed by atoms with Crippen LogP contribution in [0.5, 0.6) is 5.75 Å². The highest BCUT2D eigenvalue weighted by molar-refractivity contribution is 7.18. The van der Waals surface area contributed by atoms with Crippen LogP contribution in [0, 0.1) is 32.1 Å². The van der Waals surface area contributed by atoms with Crippen LogP contribution in [0.3, 0.4) is 0 Å². The minimum absolute atomic E-state index is 0.157. The van der Waals surface area contributed by atoms with Gasteiger partial charge in [-0.05, 0) is 69.0 Å². The number of nitriles is 1. The van der Waals surface area contributed by atoms with Gasteiger partial charge < -0.3 is 9.84 Å². The lowest BCUT2D eigenvalue weighted by molar-refractivity contribution is 0.0699. The molecule has 2 aromatic carbocycles. The van der Waals surface area contributed by atoms with Crippen molar-refractivity contribution in [3.63, 3.8) is 0 Å². The first-order valence-corrected chi connectivity index (χ1v) is 14.4. The van der Waals surface area contributed by atoms with Gasteiger partial charge in [0.1, 0.15) is 24.3 Å². The van der Waals surface area contributed by atoms with Crippen molar-refractivity contribution in [3.8, 4) is 22.9 Å². The van der Waals surface area contributed by atoms with E-state index in [-0.39, 0.29) is 30.2 Å². The Morgan fingerprint density at radius 2 is 2.00 bits per heavy atom. The number of halogens is 1. The molecule has 41 heavy (non-hydrogen) atoms. The van der Waals surface area contributed by atoms with E-state index in [1.807, 2.05) is 19.9 Å². The summed E-state index contributed by atoms with van der Waals surface area (Å²) in [6, 6.07) is 9.54. The van der Waals surface area contributed by atoms with Crippen LogP contribution in [0.15, 0.2) is 40.6 Å². The molecule has 1 fully saturated rings. The number of pyridine rings is 1. The highest BCUT2D eigenvalue weighted by Gasteiger charge is 2.30. The predicted octanol–water partition coefficient (Wildman–Crippen LogP) is 6.78. The Hall–Kier alpha value is -4.26. The molecule has 5 aromatic rings. The summed E-state index contributed by atoms with van der Waals surface area (Å²) < 4.78 is 8.61. The molecule has 3 aromatic heterocycles. The Kier molecular flexibility index (Phi) is 6.76. The monoisotopic (exact) mass is 584 g/mol. The van der Waals surface area contributed by atoms with Crippen molar-refractivity contribution in [3.05, 3.63) is 85.0 Å². The molecule has 1 aliphatic carbocycles. The van der Waals surface area contributed by atoms with Crippen LogP contribution in [0.2, 0.25) is 5.02 Å². The van der Waals surface area contributed by atoms with Gasteiger partial charge in [0, 0.05) is 37.5 Å². The number of aromatic nitrogens is 3. The van der Waals surface area contributed by atoms with Gasteiger partial charge in [0.15, 0.2) is 0 Å². The third kappa shape index (κ3) is 4.63. The van der Waals surface area contributed by atoms with E-state index in [0.717, 1.165) is 39.8 Å². The Morgan fingerprint density at radius 1 is 1.22 bits per heavy atom. The standard InChI is InChI=1S/C31H25ClN4O4S/c1-15-10-21(29-26(16(15)2)23(14-41-29)31(38)39)20-11-19(32)6-7-25(20)40-9-8-36-17(3)35-24-13-34-28(18-4-5-18)22(12-33)27(24)30(36)37/h6-7,10-11,13-14,18H,4-5,8-9H2,1-3H3,(H,38,39). The van der Waals surface area contributed by atoms with Crippen molar-refractivity contribution in [2.75, 3.05) is 6.61 Å². The summed E-state index contributed by atoms with van der Waals surface area (Å²) in [5, 5.41) is 22.8. The predicted molar refractivity (Wildman–Crippen MR) is 159 cm³/mol. The zero-order chi connectivity index (χ0) is 29.0. The molecule has 1 aliphatic rings. The van der Waals surface area contributed by atoms with Gasteiger partial charge in [-0.2, -0.15) is 5.26 Å². The van der Waals surface area contributed by atoms with E-state index in [9.17, 15) is 20.0 Å². The van der Waals surface area contributed by atoms with E-state index < -0.39 is 5.97 Å². The lowest BCUT2D eigenvalue weighted by Crippen LogP contribution is -2.27. The lowest BCUT2D eigenvalue weighted by atomic mass is 9.95. The van der Waals surface area contributed by atoms with E-state index in [1.54, 1.807) is 36.7 Å². The van der Waals surface area contributed by atoms with Crippen molar-refractivity contribution in [1.82, 2.24) is 14.5 Å². The van der Waals surface area contributed by atoms with Gasteiger partial charge in [-0.15, -0.1) is 11.3 Å². The van der Waals surface area contributed by atoms with Gasteiger partial charge in [-0.1, -0.05) is 11.6 Å². The molecule has 0 amide bonds. The Labute approximate surface area is 244 Å². The molecule has 206 valence electrons. The fourth-order valence-electron chi connectivity index (χ4n) is 5.34. The fourth-order valence-corrected chi connectivity index (χ4v) is 6.64. The molecular formula is C31H25ClN4O4S. The third-order valence-corrected chi connectivity index (χ3v) is 8.94. The van der Waals surface area contributed by atoms with Crippen molar-refractivity contribution >= 4 is 49.9 Å². The highest BCUT2D eigenvalue weighted by Crippen LogP contribution is 2.43. The molecule has 10 heteroatoms. The van der Waals surface area contributed by atoms with Crippen LogP contribution >= 0.6 is 22.9 Å². The average Bonchev–Trinajstić information content (AvgIpc) is 3.69. The minimum atomic E-state index is -0.970. The largest absolute Gasteiger partial charge is 0.491 e. The fraction of sp³-hybridized carbons (Fsp3) is 0.258. The number of fused-ring (bicyclic) bond motifs is 2. The quantitative estimate of drug-likeness (QED) is 0.224. The second-order valence-corrected chi connectivity index (χ2v) is 11.6. The molecule has 0 radical (unpaired) electrons. The zero-order valence-corrected chi connectivity index (χ0v) is 24.2. The Balaban J connectivity index is 1.37. The molecule has 0 spiro atoms.